The van der Waals surface area contributed by atoms with Crippen LogP contribution in [0.2, 0.25) is 0 Å². The predicted molar refractivity (Wildman–Crippen MR) is 101 cm³/mol. The van der Waals surface area contributed by atoms with E-state index in [1.807, 2.05) is 24.3 Å². The number of hydrogen-bond donors (Lipinski definition) is 1. The molecule has 2 aliphatic rings. The Balaban J connectivity index is 1.37. The summed E-state index contributed by atoms with van der Waals surface area (Å²) >= 11 is 0. The molecule has 0 radical (unpaired) electrons. The molecule has 2 aromatic carbocycles. The molecular formula is C21H24N2O3. The number of anilines is 1. The Kier molecular flexibility index (Phi) is 5.07. The van der Waals surface area contributed by atoms with E-state index >= 15 is 0 Å². The van der Waals surface area contributed by atoms with E-state index in [4.69, 9.17) is 9.47 Å². The standard InChI is InChI=1S/C21H24N2O3/c24-21(22-18-9-10-19-20(13-18)26-15-25-19)17-7-5-16(6-8-17)14-23-11-3-1-2-4-12-23/h5-10,13H,1-4,11-12,14-15H2,(H,22,24). The van der Waals surface area contributed by atoms with Crippen LogP contribution < -0.4 is 14.8 Å². The van der Waals surface area contributed by atoms with Crippen molar-refractivity contribution in [1.82, 2.24) is 4.90 Å². The lowest BCUT2D eigenvalue weighted by molar-refractivity contribution is 0.102. The SMILES string of the molecule is O=C(Nc1ccc2c(c1)OCO2)c1ccc(CN2CCCCCC2)cc1. The van der Waals surface area contributed by atoms with E-state index in [1.165, 1.54) is 44.3 Å². The number of rotatable bonds is 4. The van der Waals surface area contributed by atoms with Crippen LogP contribution in [0.5, 0.6) is 11.5 Å². The summed E-state index contributed by atoms with van der Waals surface area (Å²) in [7, 11) is 0. The monoisotopic (exact) mass is 352 g/mol. The quantitative estimate of drug-likeness (QED) is 0.902. The molecule has 2 heterocycles. The smallest absolute Gasteiger partial charge is 0.255 e. The van der Waals surface area contributed by atoms with Gasteiger partial charge in [-0.05, 0) is 55.8 Å². The molecular weight excluding hydrogens is 328 g/mol. The number of benzene rings is 2. The highest BCUT2D eigenvalue weighted by molar-refractivity contribution is 6.04. The first-order valence-corrected chi connectivity index (χ1v) is 9.30. The van der Waals surface area contributed by atoms with Gasteiger partial charge in [0.05, 0.1) is 0 Å². The molecule has 0 atom stereocenters. The molecule has 0 unspecified atom stereocenters. The zero-order valence-electron chi connectivity index (χ0n) is 14.9. The summed E-state index contributed by atoms with van der Waals surface area (Å²) in [6.45, 7) is 3.54. The lowest BCUT2D eigenvalue weighted by Gasteiger charge is -2.19. The van der Waals surface area contributed by atoms with Crippen LogP contribution in [0, 0.1) is 0 Å². The van der Waals surface area contributed by atoms with Crippen molar-refractivity contribution in [3.05, 3.63) is 53.6 Å². The molecule has 4 rings (SSSR count). The van der Waals surface area contributed by atoms with Crippen LogP contribution in [0.4, 0.5) is 5.69 Å². The minimum atomic E-state index is -0.120. The minimum Gasteiger partial charge on any atom is -0.454 e. The first-order valence-electron chi connectivity index (χ1n) is 9.30. The predicted octanol–water partition coefficient (Wildman–Crippen LogP) is 4.04. The van der Waals surface area contributed by atoms with E-state index < -0.39 is 0 Å². The van der Waals surface area contributed by atoms with Crippen molar-refractivity contribution < 1.29 is 14.3 Å². The van der Waals surface area contributed by atoms with Crippen molar-refractivity contribution in [3.8, 4) is 11.5 Å². The maximum absolute atomic E-state index is 12.5. The van der Waals surface area contributed by atoms with Crippen molar-refractivity contribution in [2.24, 2.45) is 0 Å². The third-order valence-corrected chi connectivity index (χ3v) is 4.95. The molecule has 1 fully saturated rings. The molecule has 1 saturated heterocycles. The molecule has 2 aromatic rings. The number of ether oxygens (including phenoxy) is 2. The first-order chi connectivity index (χ1) is 12.8. The Labute approximate surface area is 153 Å². The molecule has 5 nitrogen and oxygen atoms in total. The van der Waals surface area contributed by atoms with Gasteiger partial charge in [-0.2, -0.15) is 0 Å². The summed E-state index contributed by atoms with van der Waals surface area (Å²) in [5.74, 6) is 1.25. The number of likely N-dealkylation sites (tertiary alicyclic amines) is 1. The summed E-state index contributed by atoms with van der Waals surface area (Å²) < 4.78 is 10.6. The van der Waals surface area contributed by atoms with Crippen molar-refractivity contribution in [2.75, 3.05) is 25.2 Å². The number of hydrogen-bond acceptors (Lipinski definition) is 4. The second-order valence-corrected chi connectivity index (χ2v) is 6.91. The van der Waals surface area contributed by atoms with Crippen molar-refractivity contribution in [2.45, 2.75) is 32.2 Å². The molecule has 0 aliphatic carbocycles. The van der Waals surface area contributed by atoms with Crippen LogP contribution in [0.25, 0.3) is 0 Å². The second kappa shape index (κ2) is 7.79. The Morgan fingerprint density at radius 3 is 2.42 bits per heavy atom. The maximum atomic E-state index is 12.5. The van der Waals surface area contributed by atoms with E-state index in [2.05, 4.69) is 22.3 Å². The van der Waals surface area contributed by atoms with Gasteiger partial charge in [-0.25, -0.2) is 0 Å². The van der Waals surface area contributed by atoms with Gasteiger partial charge in [-0.3, -0.25) is 9.69 Å². The summed E-state index contributed by atoms with van der Waals surface area (Å²) in [5.41, 5.74) is 2.61. The van der Waals surface area contributed by atoms with Crippen LogP contribution in [0.15, 0.2) is 42.5 Å². The number of carbonyl (C=O) groups is 1. The minimum absolute atomic E-state index is 0.120. The number of nitrogens with one attached hydrogen (secondary N) is 1. The normalized spacial score (nSPS) is 16.9. The van der Waals surface area contributed by atoms with Gasteiger partial charge in [0.25, 0.3) is 5.91 Å². The Bertz CT molecular complexity index is 765. The van der Waals surface area contributed by atoms with Crippen LogP contribution in [0.3, 0.4) is 0 Å². The van der Waals surface area contributed by atoms with Gasteiger partial charge >= 0.3 is 0 Å². The fraction of sp³-hybridized carbons (Fsp3) is 0.381. The van der Waals surface area contributed by atoms with Crippen LogP contribution in [0.1, 0.15) is 41.6 Å². The van der Waals surface area contributed by atoms with E-state index in [0.717, 1.165) is 6.54 Å². The highest BCUT2D eigenvalue weighted by Gasteiger charge is 2.15. The highest BCUT2D eigenvalue weighted by atomic mass is 16.7. The molecule has 0 bridgehead atoms. The van der Waals surface area contributed by atoms with Gasteiger partial charge in [0.2, 0.25) is 6.79 Å². The van der Waals surface area contributed by atoms with Gasteiger partial charge in [0.1, 0.15) is 0 Å². The lowest BCUT2D eigenvalue weighted by Crippen LogP contribution is -2.24. The van der Waals surface area contributed by atoms with Crippen molar-refractivity contribution in [3.63, 3.8) is 0 Å². The van der Waals surface area contributed by atoms with E-state index in [0.29, 0.717) is 22.7 Å². The van der Waals surface area contributed by atoms with E-state index in [-0.39, 0.29) is 12.7 Å². The van der Waals surface area contributed by atoms with Crippen molar-refractivity contribution in [1.29, 1.82) is 0 Å². The van der Waals surface area contributed by atoms with Crippen LogP contribution in [-0.2, 0) is 6.54 Å². The Morgan fingerprint density at radius 2 is 1.65 bits per heavy atom. The first kappa shape index (κ1) is 16.9. The highest BCUT2D eigenvalue weighted by Crippen LogP contribution is 2.34. The lowest BCUT2D eigenvalue weighted by atomic mass is 10.1. The third kappa shape index (κ3) is 3.99. The fourth-order valence-corrected chi connectivity index (χ4v) is 3.49. The van der Waals surface area contributed by atoms with Crippen molar-refractivity contribution >= 4 is 11.6 Å². The number of amides is 1. The molecule has 1 N–H and O–H groups in total. The maximum Gasteiger partial charge on any atom is 0.255 e. The summed E-state index contributed by atoms with van der Waals surface area (Å²) in [6.07, 6.45) is 5.26. The van der Waals surface area contributed by atoms with Gasteiger partial charge in [0, 0.05) is 23.9 Å². The van der Waals surface area contributed by atoms with E-state index in [1.54, 1.807) is 6.07 Å². The zero-order chi connectivity index (χ0) is 17.8. The summed E-state index contributed by atoms with van der Waals surface area (Å²) in [4.78, 5) is 15.0. The largest absolute Gasteiger partial charge is 0.454 e. The van der Waals surface area contributed by atoms with Gasteiger partial charge < -0.3 is 14.8 Å². The Hall–Kier alpha value is -2.53. The van der Waals surface area contributed by atoms with Gasteiger partial charge in [-0.15, -0.1) is 0 Å². The molecule has 5 heteroatoms. The molecule has 136 valence electrons. The topological polar surface area (TPSA) is 50.8 Å². The molecule has 0 saturated carbocycles. The average molecular weight is 352 g/mol. The Morgan fingerprint density at radius 1 is 0.923 bits per heavy atom. The average Bonchev–Trinajstić information content (AvgIpc) is 2.97. The third-order valence-electron chi connectivity index (χ3n) is 4.95. The molecule has 1 amide bonds. The number of carbonyl (C=O) groups excluding carboxylic acids is 1. The summed E-state index contributed by atoms with van der Waals surface area (Å²) in [6, 6.07) is 13.3. The molecule has 2 aliphatic heterocycles. The van der Waals surface area contributed by atoms with Gasteiger partial charge in [0.15, 0.2) is 11.5 Å². The van der Waals surface area contributed by atoms with Crippen LogP contribution in [-0.4, -0.2) is 30.7 Å². The molecule has 0 aromatic heterocycles. The zero-order valence-corrected chi connectivity index (χ0v) is 14.9. The second-order valence-electron chi connectivity index (χ2n) is 6.91. The van der Waals surface area contributed by atoms with Gasteiger partial charge in [-0.1, -0.05) is 25.0 Å². The number of nitrogens with zero attached hydrogens (tertiary/aromatic N) is 1. The van der Waals surface area contributed by atoms with Crippen LogP contribution >= 0.6 is 0 Å². The molecule has 0 spiro atoms. The molecule has 26 heavy (non-hydrogen) atoms. The fourth-order valence-electron chi connectivity index (χ4n) is 3.49. The summed E-state index contributed by atoms with van der Waals surface area (Å²) in [5, 5.41) is 2.91. The van der Waals surface area contributed by atoms with E-state index in [9.17, 15) is 4.79 Å². The number of fused-ring (bicyclic) bond motifs is 1.